The highest BCUT2D eigenvalue weighted by molar-refractivity contribution is 14.1. The Morgan fingerprint density at radius 3 is 2.71 bits per heavy atom. The topological polar surface area (TPSA) is 63.6 Å². The lowest BCUT2D eigenvalue weighted by Gasteiger charge is -2.03. The molecule has 0 bridgehead atoms. The molecule has 0 aliphatic carbocycles. The van der Waals surface area contributed by atoms with E-state index in [-0.39, 0.29) is 9.39 Å². The number of alkyl halides is 3. The van der Waals surface area contributed by atoms with Crippen molar-refractivity contribution in [2.24, 2.45) is 0 Å². The van der Waals surface area contributed by atoms with E-state index in [0.29, 0.717) is 0 Å². The van der Waals surface area contributed by atoms with Gasteiger partial charge >= 0.3 is 6.18 Å². The zero-order valence-electron chi connectivity index (χ0n) is 7.99. The van der Waals surface area contributed by atoms with E-state index in [9.17, 15) is 18.0 Å². The van der Waals surface area contributed by atoms with Crippen molar-refractivity contribution in [3.05, 3.63) is 38.2 Å². The Balaban J connectivity index is 2.52. The van der Waals surface area contributed by atoms with Gasteiger partial charge in [0, 0.05) is 6.20 Å². The minimum atomic E-state index is -4.52. The van der Waals surface area contributed by atoms with E-state index < -0.39 is 17.4 Å². The van der Waals surface area contributed by atoms with Gasteiger partial charge in [-0.15, -0.1) is 0 Å². The minimum absolute atomic E-state index is 0.0600. The maximum absolute atomic E-state index is 12.3. The van der Waals surface area contributed by atoms with Crippen LogP contribution in [0.15, 0.2) is 23.4 Å². The highest BCUT2D eigenvalue weighted by atomic mass is 127. The summed E-state index contributed by atoms with van der Waals surface area (Å²) in [7, 11) is 0. The SMILES string of the molecule is O=c1[nH]cnc(-n2ccc(C(F)(F)F)n2)c1I. The summed E-state index contributed by atoms with van der Waals surface area (Å²) >= 11 is 1.69. The molecule has 0 aliphatic heterocycles. The first-order chi connectivity index (χ1) is 7.89. The second-order valence-corrected chi connectivity index (χ2v) is 4.09. The largest absolute Gasteiger partial charge is 0.435 e. The Morgan fingerprint density at radius 1 is 1.41 bits per heavy atom. The highest BCUT2D eigenvalue weighted by Crippen LogP contribution is 2.27. The van der Waals surface area contributed by atoms with Crippen LogP contribution < -0.4 is 5.56 Å². The molecule has 0 radical (unpaired) electrons. The van der Waals surface area contributed by atoms with Gasteiger partial charge in [-0.3, -0.25) is 4.79 Å². The lowest BCUT2D eigenvalue weighted by Crippen LogP contribution is -2.16. The van der Waals surface area contributed by atoms with Crippen molar-refractivity contribution in [2.45, 2.75) is 6.18 Å². The number of aromatic amines is 1. The highest BCUT2D eigenvalue weighted by Gasteiger charge is 2.33. The Hall–Kier alpha value is -1.39. The first kappa shape index (κ1) is 12.1. The fourth-order valence-corrected chi connectivity index (χ4v) is 1.67. The van der Waals surface area contributed by atoms with Gasteiger partial charge < -0.3 is 4.98 Å². The predicted molar refractivity (Wildman–Crippen MR) is 59.7 cm³/mol. The van der Waals surface area contributed by atoms with Gasteiger partial charge in [0.2, 0.25) is 0 Å². The van der Waals surface area contributed by atoms with Gasteiger partial charge in [-0.25, -0.2) is 9.67 Å². The molecule has 0 atom stereocenters. The van der Waals surface area contributed by atoms with Crippen LogP contribution in [0.5, 0.6) is 0 Å². The number of hydrogen-bond donors (Lipinski definition) is 1. The first-order valence-electron chi connectivity index (χ1n) is 4.26. The Morgan fingerprint density at radius 2 is 2.12 bits per heavy atom. The third-order valence-electron chi connectivity index (χ3n) is 1.87. The van der Waals surface area contributed by atoms with E-state index in [2.05, 4.69) is 15.1 Å². The lowest BCUT2D eigenvalue weighted by atomic mass is 10.4. The van der Waals surface area contributed by atoms with E-state index in [1.165, 1.54) is 0 Å². The van der Waals surface area contributed by atoms with Crippen LogP contribution in [-0.2, 0) is 6.18 Å². The van der Waals surface area contributed by atoms with Crippen molar-refractivity contribution in [3.8, 4) is 5.82 Å². The molecule has 0 aromatic carbocycles. The van der Waals surface area contributed by atoms with Gasteiger partial charge in [-0.1, -0.05) is 0 Å². The summed E-state index contributed by atoms with van der Waals surface area (Å²) in [6.07, 6.45) is -2.31. The maximum Gasteiger partial charge on any atom is 0.435 e. The van der Waals surface area contributed by atoms with Crippen molar-refractivity contribution in [2.75, 3.05) is 0 Å². The molecule has 0 saturated carbocycles. The third kappa shape index (κ3) is 2.33. The minimum Gasteiger partial charge on any atom is -0.312 e. The van der Waals surface area contributed by atoms with E-state index in [1.807, 2.05) is 0 Å². The Kier molecular flexibility index (Phi) is 2.93. The van der Waals surface area contributed by atoms with E-state index in [1.54, 1.807) is 22.6 Å². The molecule has 0 unspecified atom stereocenters. The molecular weight excluding hydrogens is 352 g/mol. The standard InChI is InChI=1S/C8H4F3IN4O/c9-8(10,11)4-1-2-16(15-4)6-5(12)7(17)14-3-13-6/h1-3H,(H,13,14,17). The Bertz CT molecular complexity index is 603. The molecule has 2 aromatic rings. The average molecular weight is 356 g/mol. The van der Waals surface area contributed by atoms with Crippen LogP contribution in [-0.4, -0.2) is 19.7 Å². The van der Waals surface area contributed by atoms with Crippen LogP contribution in [0, 0.1) is 3.57 Å². The first-order valence-corrected chi connectivity index (χ1v) is 5.34. The fourth-order valence-electron chi connectivity index (χ4n) is 1.13. The number of H-pyrrole nitrogens is 1. The monoisotopic (exact) mass is 356 g/mol. The molecule has 2 aromatic heterocycles. The molecule has 1 N–H and O–H groups in total. The second-order valence-electron chi connectivity index (χ2n) is 3.01. The van der Waals surface area contributed by atoms with Crippen LogP contribution in [0.25, 0.3) is 5.82 Å². The predicted octanol–water partition coefficient (Wildman–Crippen LogP) is 1.58. The van der Waals surface area contributed by atoms with Crippen LogP contribution >= 0.6 is 22.6 Å². The third-order valence-corrected chi connectivity index (χ3v) is 2.85. The van der Waals surface area contributed by atoms with Crippen molar-refractivity contribution in [1.82, 2.24) is 19.7 Å². The molecule has 9 heteroatoms. The molecule has 0 spiro atoms. The van der Waals surface area contributed by atoms with E-state index in [4.69, 9.17) is 0 Å². The second kappa shape index (κ2) is 4.13. The number of nitrogens with one attached hydrogen (secondary N) is 1. The number of hydrogen-bond acceptors (Lipinski definition) is 3. The smallest absolute Gasteiger partial charge is 0.312 e. The number of nitrogens with zero attached hydrogens (tertiary/aromatic N) is 3. The maximum atomic E-state index is 12.3. The van der Waals surface area contributed by atoms with Crippen molar-refractivity contribution < 1.29 is 13.2 Å². The quantitative estimate of drug-likeness (QED) is 0.790. The molecule has 0 aliphatic rings. The van der Waals surface area contributed by atoms with Crippen molar-refractivity contribution in [3.63, 3.8) is 0 Å². The zero-order chi connectivity index (χ0) is 12.6. The molecule has 0 fully saturated rings. The van der Waals surface area contributed by atoms with E-state index >= 15 is 0 Å². The normalized spacial score (nSPS) is 11.8. The summed E-state index contributed by atoms with van der Waals surface area (Å²) in [4.78, 5) is 17.3. The summed E-state index contributed by atoms with van der Waals surface area (Å²) in [5, 5.41) is 3.33. The molecule has 17 heavy (non-hydrogen) atoms. The molecule has 0 amide bonds. The van der Waals surface area contributed by atoms with Gasteiger partial charge in [0.25, 0.3) is 5.56 Å². The molecule has 90 valence electrons. The lowest BCUT2D eigenvalue weighted by molar-refractivity contribution is -0.141. The van der Waals surface area contributed by atoms with Crippen molar-refractivity contribution >= 4 is 22.6 Å². The van der Waals surface area contributed by atoms with Crippen LogP contribution in [0.4, 0.5) is 13.2 Å². The molecule has 2 rings (SSSR count). The van der Waals surface area contributed by atoms with Crippen LogP contribution in [0.1, 0.15) is 5.69 Å². The summed E-state index contributed by atoms with van der Waals surface area (Å²) in [5.74, 6) is 0.0600. The number of rotatable bonds is 1. The van der Waals surface area contributed by atoms with Gasteiger partial charge in [0.1, 0.15) is 3.57 Å². The summed E-state index contributed by atoms with van der Waals surface area (Å²) in [6, 6.07) is 0.818. The molecule has 0 saturated heterocycles. The molecular formula is C8H4F3IN4O. The van der Waals surface area contributed by atoms with Gasteiger partial charge in [-0.2, -0.15) is 18.3 Å². The van der Waals surface area contributed by atoms with Crippen LogP contribution in [0.2, 0.25) is 0 Å². The summed E-state index contributed by atoms with van der Waals surface area (Å²) < 4.78 is 38.1. The van der Waals surface area contributed by atoms with Crippen LogP contribution in [0.3, 0.4) is 0 Å². The van der Waals surface area contributed by atoms with Gasteiger partial charge in [0.15, 0.2) is 11.5 Å². The Labute approximate surface area is 106 Å². The van der Waals surface area contributed by atoms with Crippen molar-refractivity contribution in [1.29, 1.82) is 0 Å². The average Bonchev–Trinajstić information content (AvgIpc) is 2.70. The summed E-state index contributed by atoms with van der Waals surface area (Å²) in [5.41, 5.74) is -1.46. The molecule has 2 heterocycles. The zero-order valence-corrected chi connectivity index (χ0v) is 10.2. The summed E-state index contributed by atoms with van der Waals surface area (Å²) in [6.45, 7) is 0. The van der Waals surface area contributed by atoms with Gasteiger partial charge in [0.05, 0.1) is 6.33 Å². The van der Waals surface area contributed by atoms with Gasteiger partial charge in [-0.05, 0) is 28.7 Å². The molecule has 5 nitrogen and oxygen atoms in total. The number of aromatic nitrogens is 4. The number of halogens is 4. The van der Waals surface area contributed by atoms with E-state index in [0.717, 1.165) is 23.3 Å². The fraction of sp³-hybridized carbons (Fsp3) is 0.125.